The maximum atomic E-state index is 12.5. The van der Waals surface area contributed by atoms with Crippen LogP contribution in [0.5, 0.6) is 0 Å². The molecule has 0 N–H and O–H groups in total. The normalized spacial score (nSPS) is 18.4. The minimum absolute atomic E-state index is 0.106. The third-order valence-corrected chi connectivity index (χ3v) is 3.58. The fraction of sp³-hybridized carbons (Fsp3) is 0.357. The molecule has 1 aliphatic rings. The van der Waals surface area contributed by atoms with Gasteiger partial charge in [-0.15, -0.1) is 0 Å². The Kier molecular flexibility index (Phi) is 2.70. The van der Waals surface area contributed by atoms with Crippen molar-refractivity contribution < 1.29 is 4.79 Å². The lowest BCUT2D eigenvalue weighted by Crippen LogP contribution is -2.21. The van der Waals surface area contributed by atoms with E-state index in [0.717, 1.165) is 25.0 Å². The molecule has 0 radical (unpaired) electrons. The molecular weight excluding hydrogens is 226 g/mol. The van der Waals surface area contributed by atoms with Gasteiger partial charge in [0.2, 0.25) is 0 Å². The predicted molar refractivity (Wildman–Crippen MR) is 67.5 cm³/mol. The van der Waals surface area contributed by atoms with Crippen molar-refractivity contribution in [2.45, 2.75) is 25.2 Å². The Balaban J connectivity index is 2.00. The Bertz CT molecular complexity index is 588. The van der Waals surface area contributed by atoms with Crippen molar-refractivity contribution in [2.24, 2.45) is 7.05 Å². The zero-order valence-electron chi connectivity index (χ0n) is 10.3. The average Bonchev–Trinajstić information content (AvgIpc) is 2.83. The predicted octanol–water partition coefficient (Wildman–Crippen LogP) is 2.12. The van der Waals surface area contributed by atoms with Gasteiger partial charge in [0.1, 0.15) is 5.69 Å². The highest BCUT2D eigenvalue weighted by atomic mass is 16.1. The molecule has 0 fully saturated rings. The summed E-state index contributed by atoms with van der Waals surface area (Å²) in [7, 11) is 1.85. The highest BCUT2D eigenvalue weighted by molar-refractivity contribution is 5.99. The van der Waals surface area contributed by atoms with Crippen molar-refractivity contribution in [3.05, 3.63) is 47.8 Å². The van der Waals surface area contributed by atoms with Crippen LogP contribution >= 0.6 is 0 Å². The largest absolute Gasteiger partial charge is 0.331 e. The highest BCUT2D eigenvalue weighted by Crippen LogP contribution is 2.32. The first-order valence-corrected chi connectivity index (χ1v) is 6.21. The standard InChI is InChI=1S/C14H15N3O/c1-17-9-15-8-12(17)14(18)11-6-2-4-10-5-3-7-16-13(10)11/h3,5,7-9,11H,2,4,6H2,1H3. The van der Waals surface area contributed by atoms with E-state index in [-0.39, 0.29) is 11.7 Å². The van der Waals surface area contributed by atoms with Gasteiger partial charge in [0.25, 0.3) is 0 Å². The highest BCUT2D eigenvalue weighted by Gasteiger charge is 2.29. The van der Waals surface area contributed by atoms with E-state index in [2.05, 4.69) is 16.0 Å². The first-order chi connectivity index (χ1) is 8.77. The maximum Gasteiger partial charge on any atom is 0.189 e. The monoisotopic (exact) mass is 241 g/mol. The number of carbonyl (C=O) groups is 1. The number of Topliss-reactive ketones (excluding diaryl/α,β-unsaturated/α-hetero) is 1. The Labute approximate surface area is 106 Å². The average molecular weight is 241 g/mol. The van der Waals surface area contributed by atoms with Gasteiger partial charge in [-0.3, -0.25) is 9.78 Å². The third kappa shape index (κ3) is 1.74. The van der Waals surface area contributed by atoms with Gasteiger partial charge in [0, 0.05) is 13.2 Å². The second-order valence-corrected chi connectivity index (χ2v) is 4.75. The van der Waals surface area contributed by atoms with Gasteiger partial charge >= 0.3 is 0 Å². The summed E-state index contributed by atoms with van der Waals surface area (Å²) < 4.78 is 1.78. The molecule has 1 atom stereocenters. The molecule has 4 heteroatoms. The molecule has 2 heterocycles. The summed E-state index contributed by atoms with van der Waals surface area (Å²) in [6, 6.07) is 4.01. The molecule has 4 nitrogen and oxygen atoms in total. The second-order valence-electron chi connectivity index (χ2n) is 4.75. The van der Waals surface area contributed by atoms with Crippen LogP contribution in [-0.4, -0.2) is 20.3 Å². The number of nitrogens with zero attached hydrogens (tertiary/aromatic N) is 3. The Hall–Kier alpha value is -1.97. The van der Waals surface area contributed by atoms with Crippen molar-refractivity contribution in [2.75, 3.05) is 0 Å². The lowest BCUT2D eigenvalue weighted by atomic mass is 9.83. The summed E-state index contributed by atoms with van der Waals surface area (Å²) in [5, 5.41) is 0. The molecule has 0 aromatic carbocycles. The van der Waals surface area contributed by atoms with Gasteiger partial charge in [-0.2, -0.15) is 0 Å². The van der Waals surface area contributed by atoms with E-state index in [1.807, 2.05) is 13.1 Å². The van der Waals surface area contributed by atoms with Crippen molar-refractivity contribution in [3.8, 4) is 0 Å². The van der Waals surface area contributed by atoms with Crippen LogP contribution in [0, 0.1) is 0 Å². The molecule has 0 amide bonds. The van der Waals surface area contributed by atoms with Gasteiger partial charge < -0.3 is 4.57 Å². The fourth-order valence-electron chi connectivity index (χ4n) is 2.64. The van der Waals surface area contributed by atoms with Gasteiger partial charge in [-0.1, -0.05) is 6.07 Å². The van der Waals surface area contributed by atoms with Crippen molar-refractivity contribution in [1.29, 1.82) is 0 Å². The molecule has 0 bridgehead atoms. The summed E-state index contributed by atoms with van der Waals surface area (Å²) in [6.07, 6.45) is 8.03. The number of hydrogen-bond acceptors (Lipinski definition) is 3. The van der Waals surface area contributed by atoms with E-state index in [1.54, 1.807) is 23.3 Å². The lowest BCUT2D eigenvalue weighted by Gasteiger charge is -2.23. The first-order valence-electron chi connectivity index (χ1n) is 6.21. The van der Waals surface area contributed by atoms with E-state index >= 15 is 0 Å². The molecule has 0 saturated carbocycles. The van der Waals surface area contributed by atoms with E-state index in [0.29, 0.717) is 5.69 Å². The molecule has 2 aromatic heterocycles. The number of pyridine rings is 1. The molecule has 1 aliphatic carbocycles. The van der Waals surface area contributed by atoms with Crippen LogP contribution in [0.15, 0.2) is 30.9 Å². The minimum atomic E-state index is -0.106. The number of aryl methyl sites for hydroxylation is 2. The maximum absolute atomic E-state index is 12.5. The van der Waals surface area contributed by atoms with Crippen molar-refractivity contribution in [1.82, 2.24) is 14.5 Å². The van der Waals surface area contributed by atoms with E-state index < -0.39 is 0 Å². The summed E-state index contributed by atoms with van der Waals surface area (Å²) in [5.41, 5.74) is 2.83. The topological polar surface area (TPSA) is 47.8 Å². The van der Waals surface area contributed by atoms with Crippen LogP contribution in [0.4, 0.5) is 0 Å². The van der Waals surface area contributed by atoms with E-state index in [9.17, 15) is 4.79 Å². The molecule has 0 aliphatic heterocycles. The summed E-state index contributed by atoms with van der Waals surface area (Å²) in [6.45, 7) is 0. The summed E-state index contributed by atoms with van der Waals surface area (Å²) in [4.78, 5) is 21.0. The molecule has 92 valence electrons. The van der Waals surface area contributed by atoms with Gasteiger partial charge in [0.15, 0.2) is 5.78 Å². The van der Waals surface area contributed by atoms with Crippen LogP contribution in [0.1, 0.15) is 40.5 Å². The fourth-order valence-corrected chi connectivity index (χ4v) is 2.64. The van der Waals surface area contributed by atoms with Crippen molar-refractivity contribution in [3.63, 3.8) is 0 Å². The Morgan fingerprint density at radius 3 is 3.17 bits per heavy atom. The second kappa shape index (κ2) is 4.37. The molecule has 0 spiro atoms. The quantitative estimate of drug-likeness (QED) is 0.757. The SMILES string of the molecule is Cn1cncc1C(=O)C1CCCc2cccnc21. The van der Waals surface area contributed by atoms with Crippen molar-refractivity contribution >= 4 is 5.78 Å². The number of rotatable bonds is 2. The molecular formula is C14H15N3O. The van der Waals surface area contributed by atoms with E-state index in [1.165, 1.54) is 5.56 Å². The van der Waals surface area contributed by atoms with Crippen LogP contribution in [0.3, 0.4) is 0 Å². The lowest BCUT2D eigenvalue weighted by molar-refractivity contribution is 0.0941. The molecule has 18 heavy (non-hydrogen) atoms. The smallest absolute Gasteiger partial charge is 0.189 e. The van der Waals surface area contributed by atoms with Crippen LogP contribution in [0.25, 0.3) is 0 Å². The number of ketones is 1. The summed E-state index contributed by atoms with van der Waals surface area (Å²) >= 11 is 0. The Morgan fingerprint density at radius 2 is 2.39 bits per heavy atom. The Morgan fingerprint density at radius 1 is 1.50 bits per heavy atom. The van der Waals surface area contributed by atoms with Gasteiger partial charge in [-0.05, 0) is 30.9 Å². The van der Waals surface area contributed by atoms with Gasteiger partial charge in [-0.25, -0.2) is 4.98 Å². The van der Waals surface area contributed by atoms with Gasteiger partial charge in [0.05, 0.1) is 24.1 Å². The summed E-state index contributed by atoms with van der Waals surface area (Å²) in [5.74, 6) is 0.0278. The number of imidazole rings is 1. The zero-order valence-corrected chi connectivity index (χ0v) is 10.3. The first kappa shape index (κ1) is 11.1. The van der Waals surface area contributed by atoms with E-state index in [4.69, 9.17) is 0 Å². The number of carbonyl (C=O) groups excluding carboxylic acids is 1. The number of aromatic nitrogens is 3. The minimum Gasteiger partial charge on any atom is -0.331 e. The molecule has 2 aromatic rings. The molecule has 3 rings (SSSR count). The third-order valence-electron chi connectivity index (χ3n) is 3.58. The number of fused-ring (bicyclic) bond motifs is 1. The van der Waals surface area contributed by atoms with Crippen LogP contribution in [-0.2, 0) is 13.5 Å². The van der Waals surface area contributed by atoms with Crippen LogP contribution in [0.2, 0.25) is 0 Å². The van der Waals surface area contributed by atoms with Crippen LogP contribution < -0.4 is 0 Å². The number of hydrogen-bond donors (Lipinski definition) is 0. The molecule has 0 saturated heterocycles. The molecule has 1 unspecified atom stereocenters. The zero-order chi connectivity index (χ0) is 12.5.